The van der Waals surface area contributed by atoms with Crippen molar-refractivity contribution in [3.63, 3.8) is 0 Å². The lowest BCUT2D eigenvalue weighted by atomic mass is 10.1. The molecular formula is C14H21N3O3. The lowest BCUT2D eigenvalue weighted by molar-refractivity contribution is 0.0944. The number of benzene rings is 1. The van der Waals surface area contributed by atoms with Crippen LogP contribution in [0.25, 0.3) is 0 Å². The fourth-order valence-electron chi connectivity index (χ4n) is 2.18. The SMILES string of the molecule is COc1ccc(O)c(C(=O)NCCN2CCNCC2)c1. The van der Waals surface area contributed by atoms with E-state index in [-0.39, 0.29) is 17.2 Å². The van der Waals surface area contributed by atoms with E-state index in [2.05, 4.69) is 15.5 Å². The number of aromatic hydroxyl groups is 1. The van der Waals surface area contributed by atoms with Crippen LogP contribution in [0, 0.1) is 0 Å². The largest absolute Gasteiger partial charge is 0.507 e. The van der Waals surface area contributed by atoms with E-state index in [0.29, 0.717) is 12.3 Å². The second-order valence-electron chi connectivity index (χ2n) is 4.73. The van der Waals surface area contributed by atoms with Crippen LogP contribution in [0.3, 0.4) is 0 Å². The fraction of sp³-hybridized carbons (Fsp3) is 0.500. The Hall–Kier alpha value is -1.79. The Morgan fingerprint density at radius 1 is 1.45 bits per heavy atom. The molecule has 1 fully saturated rings. The summed E-state index contributed by atoms with van der Waals surface area (Å²) in [5, 5.41) is 15.8. The highest BCUT2D eigenvalue weighted by Crippen LogP contribution is 2.22. The molecule has 2 rings (SSSR count). The smallest absolute Gasteiger partial charge is 0.255 e. The minimum absolute atomic E-state index is 0.0366. The molecule has 0 aliphatic carbocycles. The highest BCUT2D eigenvalue weighted by molar-refractivity contribution is 5.97. The quantitative estimate of drug-likeness (QED) is 0.709. The van der Waals surface area contributed by atoms with E-state index < -0.39 is 0 Å². The topological polar surface area (TPSA) is 73.8 Å². The molecule has 0 atom stereocenters. The van der Waals surface area contributed by atoms with Crippen molar-refractivity contribution in [2.75, 3.05) is 46.4 Å². The van der Waals surface area contributed by atoms with Gasteiger partial charge in [0.05, 0.1) is 12.7 Å². The molecule has 6 nitrogen and oxygen atoms in total. The second kappa shape index (κ2) is 7.12. The monoisotopic (exact) mass is 279 g/mol. The molecule has 110 valence electrons. The summed E-state index contributed by atoms with van der Waals surface area (Å²) >= 11 is 0. The van der Waals surface area contributed by atoms with Gasteiger partial charge >= 0.3 is 0 Å². The second-order valence-corrected chi connectivity index (χ2v) is 4.73. The molecule has 0 radical (unpaired) electrons. The molecule has 1 aliphatic heterocycles. The number of phenolic OH excluding ortho intramolecular Hbond substituents is 1. The number of ether oxygens (including phenoxy) is 1. The maximum atomic E-state index is 12.0. The van der Waals surface area contributed by atoms with Gasteiger partial charge in [0.2, 0.25) is 0 Å². The summed E-state index contributed by atoms with van der Waals surface area (Å²) < 4.78 is 5.05. The van der Waals surface area contributed by atoms with Gasteiger partial charge in [-0.2, -0.15) is 0 Å². The van der Waals surface area contributed by atoms with E-state index in [1.54, 1.807) is 6.07 Å². The van der Waals surface area contributed by atoms with E-state index in [9.17, 15) is 9.90 Å². The van der Waals surface area contributed by atoms with Crippen molar-refractivity contribution in [3.05, 3.63) is 23.8 Å². The van der Waals surface area contributed by atoms with Crippen LogP contribution in [0.5, 0.6) is 11.5 Å². The van der Waals surface area contributed by atoms with Crippen LogP contribution in [-0.2, 0) is 0 Å². The maximum Gasteiger partial charge on any atom is 0.255 e. The van der Waals surface area contributed by atoms with E-state index in [1.165, 1.54) is 19.2 Å². The van der Waals surface area contributed by atoms with Gasteiger partial charge < -0.3 is 20.5 Å². The first-order valence-electron chi connectivity index (χ1n) is 6.79. The number of hydrogen-bond acceptors (Lipinski definition) is 5. The standard InChI is InChI=1S/C14H21N3O3/c1-20-11-2-3-13(18)12(10-11)14(19)16-6-9-17-7-4-15-5-8-17/h2-3,10,15,18H,4-9H2,1H3,(H,16,19). The zero-order valence-corrected chi connectivity index (χ0v) is 11.7. The molecule has 1 saturated heterocycles. The molecule has 3 N–H and O–H groups in total. The normalized spacial score (nSPS) is 15.8. The lowest BCUT2D eigenvalue weighted by Gasteiger charge is -2.27. The number of carbonyl (C=O) groups is 1. The van der Waals surface area contributed by atoms with Crippen molar-refractivity contribution in [2.24, 2.45) is 0 Å². The van der Waals surface area contributed by atoms with E-state index in [4.69, 9.17) is 4.74 Å². The summed E-state index contributed by atoms with van der Waals surface area (Å²) in [4.78, 5) is 14.3. The third kappa shape index (κ3) is 3.85. The van der Waals surface area contributed by atoms with Gasteiger partial charge in [0.15, 0.2) is 0 Å². The average molecular weight is 279 g/mol. The molecule has 1 aromatic carbocycles. The van der Waals surface area contributed by atoms with Crippen molar-refractivity contribution < 1.29 is 14.6 Å². The first-order chi connectivity index (χ1) is 9.70. The highest BCUT2D eigenvalue weighted by Gasteiger charge is 2.13. The van der Waals surface area contributed by atoms with Crippen molar-refractivity contribution in [3.8, 4) is 11.5 Å². The van der Waals surface area contributed by atoms with Crippen molar-refractivity contribution in [1.82, 2.24) is 15.5 Å². The van der Waals surface area contributed by atoms with Crippen LogP contribution in [0.2, 0.25) is 0 Å². The Morgan fingerprint density at radius 3 is 2.90 bits per heavy atom. The number of nitrogens with zero attached hydrogens (tertiary/aromatic N) is 1. The number of nitrogens with one attached hydrogen (secondary N) is 2. The zero-order valence-electron chi connectivity index (χ0n) is 11.7. The van der Waals surface area contributed by atoms with Crippen LogP contribution in [0.1, 0.15) is 10.4 Å². The molecule has 1 heterocycles. The third-order valence-electron chi connectivity index (χ3n) is 3.37. The molecule has 0 saturated carbocycles. The number of hydrogen-bond donors (Lipinski definition) is 3. The van der Waals surface area contributed by atoms with E-state index >= 15 is 0 Å². The molecular weight excluding hydrogens is 258 g/mol. The molecule has 6 heteroatoms. The predicted molar refractivity (Wildman–Crippen MR) is 76.3 cm³/mol. The zero-order chi connectivity index (χ0) is 14.4. The van der Waals surface area contributed by atoms with Crippen molar-refractivity contribution in [1.29, 1.82) is 0 Å². The van der Waals surface area contributed by atoms with E-state index in [0.717, 1.165) is 32.7 Å². The first-order valence-corrected chi connectivity index (χ1v) is 6.79. The summed E-state index contributed by atoms with van der Waals surface area (Å²) in [5.41, 5.74) is 0.240. The van der Waals surface area contributed by atoms with Crippen LogP contribution in [0.15, 0.2) is 18.2 Å². The van der Waals surface area contributed by atoms with Crippen LogP contribution < -0.4 is 15.4 Å². The van der Waals surface area contributed by atoms with Crippen molar-refractivity contribution >= 4 is 5.91 Å². The minimum atomic E-state index is -0.281. The minimum Gasteiger partial charge on any atom is -0.507 e. The highest BCUT2D eigenvalue weighted by atomic mass is 16.5. The van der Waals surface area contributed by atoms with Gasteiger partial charge in [0.25, 0.3) is 5.91 Å². The summed E-state index contributed by atoms with van der Waals surface area (Å²) in [6, 6.07) is 4.62. The van der Waals surface area contributed by atoms with Gasteiger partial charge in [-0.05, 0) is 18.2 Å². The number of methoxy groups -OCH3 is 1. The third-order valence-corrected chi connectivity index (χ3v) is 3.37. The van der Waals surface area contributed by atoms with Gasteiger partial charge in [-0.15, -0.1) is 0 Å². The van der Waals surface area contributed by atoms with Gasteiger partial charge in [-0.1, -0.05) is 0 Å². The molecule has 0 spiro atoms. The molecule has 0 bridgehead atoms. The van der Waals surface area contributed by atoms with Gasteiger partial charge in [0, 0.05) is 39.3 Å². The summed E-state index contributed by atoms with van der Waals surface area (Å²) in [6.07, 6.45) is 0. The molecule has 0 aromatic heterocycles. The Labute approximate surface area is 118 Å². The lowest BCUT2D eigenvalue weighted by Crippen LogP contribution is -2.46. The predicted octanol–water partition coefficient (Wildman–Crippen LogP) is 0.0358. The van der Waals surface area contributed by atoms with Crippen LogP contribution >= 0.6 is 0 Å². The van der Waals surface area contributed by atoms with E-state index in [1.807, 2.05) is 0 Å². The number of carbonyl (C=O) groups excluding carboxylic acids is 1. The summed E-state index contributed by atoms with van der Waals surface area (Å²) in [7, 11) is 1.53. The number of piperazine rings is 1. The molecule has 1 aromatic rings. The Bertz CT molecular complexity index is 459. The van der Waals surface area contributed by atoms with Gasteiger partial charge in [-0.25, -0.2) is 0 Å². The fourth-order valence-corrected chi connectivity index (χ4v) is 2.18. The number of phenols is 1. The van der Waals surface area contributed by atoms with Crippen molar-refractivity contribution in [2.45, 2.75) is 0 Å². The number of rotatable bonds is 5. The first kappa shape index (κ1) is 14.6. The van der Waals surface area contributed by atoms with Crippen LogP contribution in [0.4, 0.5) is 0 Å². The average Bonchev–Trinajstić information content (AvgIpc) is 2.48. The van der Waals surface area contributed by atoms with Gasteiger partial charge in [-0.3, -0.25) is 9.69 Å². The molecule has 0 unspecified atom stereocenters. The Kier molecular flexibility index (Phi) is 5.20. The van der Waals surface area contributed by atoms with Crippen LogP contribution in [-0.4, -0.2) is 62.3 Å². The maximum absolute atomic E-state index is 12.0. The number of amides is 1. The summed E-state index contributed by atoms with van der Waals surface area (Å²) in [5.74, 6) is 0.233. The van der Waals surface area contributed by atoms with Gasteiger partial charge in [0.1, 0.15) is 11.5 Å². The molecule has 1 aliphatic rings. The summed E-state index contributed by atoms with van der Waals surface area (Å²) in [6.45, 7) is 5.36. The molecule has 1 amide bonds. The molecule has 20 heavy (non-hydrogen) atoms. The Balaban J connectivity index is 1.84. The Morgan fingerprint density at radius 2 is 2.20 bits per heavy atom.